The van der Waals surface area contributed by atoms with Gasteiger partial charge in [0.2, 0.25) is 0 Å². The van der Waals surface area contributed by atoms with Crippen molar-refractivity contribution in [3.05, 3.63) is 29.3 Å². The van der Waals surface area contributed by atoms with E-state index in [1.165, 1.54) is 0 Å². The van der Waals surface area contributed by atoms with Crippen LogP contribution in [-0.2, 0) is 11.2 Å². The van der Waals surface area contributed by atoms with Crippen molar-refractivity contribution in [1.82, 2.24) is 5.32 Å². The number of amides is 1. The van der Waals surface area contributed by atoms with Crippen LogP contribution in [0.15, 0.2) is 18.2 Å². The zero-order valence-electron chi connectivity index (χ0n) is 11.1. The van der Waals surface area contributed by atoms with Gasteiger partial charge in [0, 0.05) is 12.0 Å². The van der Waals surface area contributed by atoms with Crippen LogP contribution in [0.3, 0.4) is 0 Å². The molecule has 1 fully saturated rings. The normalized spacial score (nSPS) is 19.2. The standard InChI is InChI=1S/C15H17NO4/c17-13(16-15(14(18)19)6-1-2-7-15)11-3-4-12-10(9-11)5-8-20-12/h3-4,9H,1-2,5-8H2,(H,16,17)(H,18,19). The molecule has 1 aromatic rings. The maximum atomic E-state index is 12.3. The summed E-state index contributed by atoms with van der Waals surface area (Å²) < 4.78 is 5.40. The molecule has 20 heavy (non-hydrogen) atoms. The predicted molar refractivity (Wildman–Crippen MR) is 71.9 cm³/mol. The highest BCUT2D eigenvalue weighted by atomic mass is 16.5. The third-order valence-electron chi connectivity index (χ3n) is 4.17. The van der Waals surface area contributed by atoms with E-state index in [9.17, 15) is 14.7 Å². The molecule has 2 N–H and O–H groups in total. The summed E-state index contributed by atoms with van der Waals surface area (Å²) in [6, 6.07) is 5.26. The molecule has 1 aromatic carbocycles. The van der Waals surface area contributed by atoms with Crippen LogP contribution in [0.5, 0.6) is 5.75 Å². The average molecular weight is 275 g/mol. The van der Waals surface area contributed by atoms with Crippen molar-refractivity contribution in [2.75, 3.05) is 6.61 Å². The molecule has 0 aromatic heterocycles. The molecule has 0 spiro atoms. The number of aliphatic carboxylic acids is 1. The van der Waals surface area contributed by atoms with E-state index in [0.717, 1.165) is 30.6 Å². The van der Waals surface area contributed by atoms with Crippen LogP contribution >= 0.6 is 0 Å². The van der Waals surface area contributed by atoms with E-state index in [1.807, 2.05) is 0 Å². The van der Waals surface area contributed by atoms with Crippen molar-refractivity contribution in [1.29, 1.82) is 0 Å². The zero-order valence-corrected chi connectivity index (χ0v) is 11.1. The number of nitrogens with one attached hydrogen (secondary N) is 1. The zero-order chi connectivity index (χ0) is 14.2. The molecule has 1 aliphatic heterocycles. The smallest absolute Gasteiger partial charge is 0.329 e. The molecule has 1 saturated carbocycles. The van der Waals surface area contributed by atoms with Crippen LogP contribution in [0.4, 0.5) is 0 Å². The molecule has 0 radical (unpaired) electrons. The van der Waals surface area contributed by atoms with Gasteiger partial charge in [0.15, 0.2) is 0 Å². The van der Waals surface area contributed by atoms with E-state index >= 15 is 0 Å². The molecule has 1 aliphatic carbocycles. The Bertz CT molecular complexity index is 561. The first-order valence-corrected chi connectivity index (χ1v) is 6.92. The summed E-state index contributed by atoms with van der Waals surface area (Å²) in [6.07, 6.45) is 3.47. The van der Waals surface area contributed by atoms with Crippen molar-refractivity contribution < 1.29 is 19.4 Å². The Hall–Kier alpha value is -2.04. The number of ether oxygens (including phenoxy) is 1. The first-order chi connectivity index (χ1) is 9.61. The van der Waals surface area contributed by atoms with Crippen LogP contribution in [0, 0.1) is 0 Å². The Kier molecular flexibility index (Phi) is 3.12. The summed E-state index contributed by atoms with van der Waals surface area (Å²) in [7, 11) is 0. The molecule has 0 unspecified atom stereocenters. The lowest BCUT2D eigenvalue weighted by Crippen LogP contribution is -2.52. The monoisotopic (exact) mass is 275 g/mol. The van der Waals surface area contributed by atoms with Gasteiger partial charge in [-0.2, -0.15) is 0 Å². The number of carboxylic acids is 1. The molecule has 106 valence electrons. The second-order valence-electron chi connectivity index (χ2n) is 5.47. The molecule has 5 heteroatoms. The molecule has 1 heterocycles. The van der Waals surface area contributed by atoms with Gasteiger partial charge in [-0.1, -0.05) is 12.8 Å². The van der Waals surface area contributed by atoms with E-state index in [-0.39, 0.29) is 5.91 Å². The maximum Gasteiger partial charge on any atom is 0.329 e. The Morgan fingerprint density at radius 3 is 2.70 bits per heavy atom. The van der Waals surface area contributed by atoms with Crippen LogP contribution in [0.1, 0.15) is 41.6 Å². The van der Waals surface area contributed by atoms with E-state index in [2.05, 4.69) is 5.32 Å². The SMILES string of the molecule is O=C(NC1(C(=O)O)CCCC1)c1ccc2c(c1)CCO2. The van der Waals surface area contributed by atoms with Gasteiger partial charge in [0.1, 0.15) is 11.3 Å². The van der Waals surface area contributed by atoms with Crippen LogP contribution < -0.4 is 10.1 Å². The second kappa shape index (κ2) is 4.81. The second-order valence-corrected chi connectivity index (χ2v) is 5.47. The number of rotatable bonds is 3. The molecule has 0 atom stereocenters. The van der Waals surface area contributed by atoms with Crippen LogP contribution in [-0.4, -0.2) is 29.1 Å². The van der Waals surface area contributed by atoms with Gasteiger partial charge in [-0.25, -0.2) is 4.79 Å². The molecule has 2 aliphatic rings. The largest absolute Gasteiger partial charge is 0.493 e. The summed E-state index contributed by atoms with van der Waals surface area (Å²) in [5.74, 6) is -0.438. The van der Waals surface area contributed by atoms with Gasteiger partial charge < -0.3 is 15.2 Å². The number of fused-ring (bicyclic) bond motifs is 1. The first-order valence-electron chi connectivity index (χ1n) is 6.92. The highest BCUT2D eigenvalue weighted by Gasteiger charge is 2.42. The lowest BCUT2D eigenvalue weighted by atomic mass is 9.97. The lowest BCUT2D eigenvalue weighted by Gasteiger charge is -2.25. The predicted octanol–water partition coefficient (Wildman–Crippen LogP) is 1.75. The molecule has 0 bridgehead atoms. The van der Waals surface area contributed by atoms with Crippen molar-refractivity contribution in [3.63, 3.8) is 0 Å². The quantitative estimate of drug-likeness (QED) is 0.881. The fraction of sp³-hybridized carbons (Fsp3) is 0.467. The molecule has 0 saturated heterocycles. The Balaban J connectivity index is 1.80. The first kappa shape index (κ1) is 13.0. The minimum absolute atomic E-state index is 0.316. The Labute approximate surface area is 116 Å². The number of carbonyl (C=O) groups excluding carboxylic acids is 1. The van der Waals surface area contributed by atoms with E-state index in [0.29, 0.717) is 25.0 Å². The van der Waals surface area contributed by atoms with Gasteiger partial charge in [0.05, 0.1) is 6.61 Å². The molecular formula is C15H17NO4. The highest BCUT2D eigenvalue weighted by Crippen LogP contribution is 2.31. The minimum atomic E-state index is -1.09. The number of benzene rings is 1. The third-order valence-corrected chi connectivity index (χ3v) is 4.17. The Morgan fingerprint density at radius 2 is 2.00 bits per heavy atom. The number of hydrogen-bond acceptors (Lipinski definition) is 3. The number of hydrogen-bond donors (Lipinski definition) is 2. The van der Waals surface area contributed by atoms with E-state index in [1.54, 1.807) is 18.2 Å². The summed E-state index contributed by atoms with van der Waals surface area (Å²) in [5.41, 5.74) is 0.419. The lowest BCUT2D eigenvalue weighted by molar-refractivity contribution is -0.144. The number of carboxylic acid groups (broad SMARTS) is 1. The maximum absolute atomic E-state index is 12.3. The number of carbonyl (C=O) groups is 2. The van der Waals surface area contributed by atoms with Crippen molar-refractivity contribution >= 4 is 11.9 Å². The van der Waals surface area contributed by atoms with E-state index in [4.69, 9.17) is 4.74 Å². The summed E-state index contributed by atoms with van der Waals surface area (Å²) in [5, 5.41) is 12.1. The summed E-state index contributed by atoms with van der Waals surface area (Å²) in [4.78, 5) is 23.7. The summed E-state index contributed by atoms with van der Waals surface area (Å²) in [6.45, 7) is 0.638. The van der Waals surface area contributed by atoms with Crippen molar-refractivity contribution in [2.45, 2.75) is 37.6 Å². The Morgan fingerprint density at radius 1 is 1.25 bits per heavy atom. The topological polar surface area (TPSA) is 75.6 Å². The molecule has 1 amide bonds. The molecular weight excluding hydrogens is 258 g/mol. The molecule has 3 rings (SSSR count). The van der Waals surface area contributed by atoms with E-state index < -0.39 is 11.5 Å². The summed E-state index contributed by atoms with van der Waals surface area (Å²) >= 11 is 0. The minimum Gasteiger partial charge on any atom is -0.493 e. The van der Waals surface area contributed by atoms with Crippen molar-refractivity contribution in [2.24, 2.45) is 0 Å². The fourth-order valence-corrected chi connectivity index (χ4v) is 2.99. The third kappa shape index (κ3) is 2.13. The van der Waals surface area contributed by atoms with Gasteiger partial charge in [-0.3, -0.25) is 4.79 Å². The van der Waals surface area contributed by atoms with Crippen LogP contribution in [0.2, 0.25) is 0 Å². The van der Waals surface area contributed by atoms with Crippen molar-refractivity contribution in [3.8, 4) is 5.75 Å². The molecule has 5 nitrogen and oxygen atoms in total. The van der Waals surface area contributed by atoms with Gasteiger partial charge in [0.25, 0.3) is 5.91 Å². The average Bonchev–Trinajstić information content (AvgIpc) is 3.06. The van der Waals surface area contributed by atoms with Gasteiger partial charge in [-0.15, -0.1) is 0 Å². The van der Waals surface area contributed by atoms with Crippen LogP contribution in [0.25, 0.3) is 0 Å². The highest BCUT2D eigenvalue weighted by molar-refractivity contribution is 5.98. The fourth-order valence-electron chi connectivity index (χ4n) is 2.99. The van der Waals surface area contributed by atoms with Gasteiger partial charge >= 0.3 is 5.97 Å². The van der Waals surface area contributed by atoms with Gasteiger partial charge in [-0.05, 0) is 36.6 Å².